The van der Waals surface area contributed by atoms with Crippen LogP contribution in [0, 0.1) is 0 Å². The Morgan fingerprint density at radius 1 is 1.08 bits per heavy atom. The van der Waals surface area contributed by atoms with Crippen LogP contribution >= 0.6 is 11.3 Å². The first kappa shape index (κ1) is 15.6. The van der Waals surface area contributed by atoms with Crippen molar-refractivity contribution in [3.63, 3.8) is 0 Å². The summed E-state index contributed by atoms with van der Waals surface area (Å²) in [5.74, 6) is 0.380. The van der Waals surface area contributed by atoms with Crippen molar-refractivity contribution >= 4 is 34.0 Å². The average Bonchev–Trinajstić information content (AvgIpc) is 3.22. The largest absolute Gasteiger partial charge is 0.416 e. The van der Waals surface area contributed by atoms with Crippen molar-refractivity contribution < 1.29 is 13.2 Å². The van der Waals surface area contributed by atoms with Gasteiger partial charge in [-0.15, -0.1) is 11.3 Å². The van der Waals surface area contributed by atoms with Crippen molar-refractivity contribution in [2.45, 2.75) is 6.18 Å². The molecule has 2 N–H and O–H groups in total. The topological polar surface area (TPSA) is 53.6 Å². The minimum atomic E-state index is -4.38. The van der Waals surface area contributed by atoms with E-state index < -0.39 is 11.7 Å². The van der Waals surface area contributed by atoms with E-state index in [9.17, 15) is 13.2 Å². The van der Waals surface area contributed by atoms with Crippen molar-refractivity contribution in [3.8, 4) is 10.6 Å². The van der Waals surface area contributed by atoms with Crippen LogP contribution in [0.4, 0.5) is 24.8 Å². The summed E-state index contributed by atoms with van der Waals surface area (Å²) < 4.78 is 38.4. The number of anilines is 2. The Hall–Kier alpha value is -2.87. The maximum Gasteiger partial charge on any atom is 0.416 e. The van der Waals surface area contributed by atoms with Crippen LogP contribution in [-0.2, 0) is 6.18 Å². The van der Waals surface area contributed by atoms with E-state index in [0.29, 0.717) is 11.6 Å². The molecule has 2 aromatic heterocycles. The predicted octanol–water partition coefficient (Wildman–Crippen LogP) is 5.45. The van der Waals surface area contributed by atoms with Crippen molar-refractivity contribution in [1.82, 2.24) is 15.0 Å². The Morgan fingerprint density at radius 3 is 2.72 bits per heavy atom. The number of halogens is 3. The van der Waals surface area contributed by atoms with E-state index in [2.05, 4.69) is 20.3 Å². The Kier molecular flexibility index (Phi) is 3.69. The summed E-state index contributed by atoms with van der Waals surface area (Å²) in [5, 5.41) is 5.67. The number of thiazole rings is 1. The SMILES string of the molecule is FC(F)(F)c1cccc(Nc2nc3ccc(-c4nccs4)cc3[nH]2)c1. The number of imidazole rings is 1. The van der Waals surface area contributed by atoms with Gasteiger partial charge < -0.3 is 10.3 Å². The molecule has 0 spiro atoms. The van der Waals surface area contributed by atoms with E-state index >= 15 is 0 Å². The van der Waals surface area contributed by atoms with Crippen LogP contribution in [0.2, 0.25) is 0 Å². The molecular weight excluding hydrogens is 349 g/mol. The molecule has 0 radical (unpaired) electrons. The van der Waals surface area contributed by atoms with E-state index in [0.717, 1.165) is 33.7 Å². The third kappa shape index (κ3) is 3.20. The molecule has 0 aliphatic carbocycles. The molecule has 4 rings (SSSR count). The van der Waals surface area contributed by atoms with Gasteiger partial charge in [0.05, 0.1) is 16.6 Å². The Morgan fingerprint density at radius 2 is 1.96 bits per heavy atom. The minimum Gasteiger partial charge on any atom is -0.326 e. The normalized spacial score (nSPS) is 11.8. The maximum atomic E-state index is 12.8. The third-order valence-corrected chi connectivity index (χ3v) is 4.44. The second kappa shape index (κ2) is 5.89. The summed E-state index contributed by atoms with van der Waals surface area (Å²) in [5.41, 5.74) is 2.06. The highest BCUT2D eigenvalue weighted by Crippen LogP contribution is 2.31. The second-order valence-corrected chi connectivity index (χ2v) is 6.25. The van der Waals surface area contributed by atoms with E-state index in [4.69, 9.17) is 0 Å². The van der Waals surface area contributed by atoms with Crippen LogP contribution in [0.25, 0.3) is 21.6 Å². The molecule has 0 amide bonds. The summed E-state index contributed by atoms with van der Waals surface area (Å²) in [6.45, 7) is 0. The molecule has 126 valence electrons. The lowest BCUT2D eigenvalue weighted by Gasteiger charge is -2.08. The lowest BCUT2D eigenvalue weighted by atomic mass is 10.2. The summed E-state index contributed by atoms with van der Waals surface area (Å²) in [7, 11) is 0. The third-order valence-electron chi connectivity index (χ3n) is 3.61. The monoisotopic (exact) mass is 360 g/mol. The number of hydrogen-bond donors (Lipinski definition) is 2. The molecular formula is C17H11F3N4S. The maximum absolute atomic E-state index is 12.8. The highest BCUT2D eigenvalue weighted by Gasteiger charge is 2.30. The number of benzene rings is 2. The van der Waals surface area contributed by atoms with Gasteiger partial charge in [0.25, 0.3) is 0 Å². The van der Waals surface area contributed by atoms with Gasteiger partial charge in [-0.1, -0.05) is 6.07 Å². The van der Waals surface area contributed by atoms with Gasteiger partial charge >= 0.3 is 6.18 Å². The number of H-pyrrole nitrogens is 1. The molecule has 25 heavy (non-hydrogen) atoms. The van der Waals surface area contributed by atoms with E-state index in [1.54, 1.807) is 12.3 Å². The number of nitrogens with one attached hydrogen (secondary N) is 2. The minimum absolute atomic E-state index is 0.314. The van der Waals surface area contributed by atoms with Gasteiger partial charge in [0.15, 0.2) is 0 Å². The van der Waals surface area contributed by atoms with Crippen LogP contribution in [0.5, 0.6) is 0 Å². The van der Waals surface area contributed by atoms with Gasteiger partial charge in [-0.2, -0.15) is 13.2 Å². The number of aromatic nitrogens is 3. The van der Waals surface area contributed by atoms with Gasteiger partial charge in [0.2, 0.25) is 5.95 Å². The van der Waals surface area contributed by atoms with Crippen molar-refractivity contribution in [2.75, 3.05) is 5.32 Å². The summed E-state index contributed by atoms with van der Waals surface area (Å²) in [6, 6.07) is 10.7. The Labute approximate surface area is 144 Å². The number of fused-ring (bicyclic) bond motifs is 1. The fourth-order valence-corrected chi connectivity index (χ4v) is 3.11. The number of aromatic amines is 1. The van der Waals surface area contributed by atoms with Crippen LogP contribution in [0.15, 0.2) is 54.0 Å². The number of rotatable bonds is 3. The van der Waals surface area contributed by atoms with Gasteiger partial charge in [0.1, 0.15) is 5.01 Å². The number of hydrogen-bond acceptors (Lipinski definition) is 4. The molecule has 0 unspecified atom stereocenters. The Bertz CT molecular complexity index is 1020. The zero-order valence-corrected chi connectivity index (χ0v) is 13.4. The zero-order valence-electron chi connectivity index (χ0n) is 12.6. The van der Waals surface area contributed by atoms with E-state index in [-0.39, 0.29) is 0 Å². The molecule has 4 aromatic rings. The van der Waals surface area contributed by atoms with E-state index in [1.165, 1.54) is 17.4 Å². The first-order chi connectivity index (χ1) is 12.0. The molecule has 2 heterocycles. The van der Waals surface area contributed by atoms with Crippen LogP contribution < -0.4 is 5.32 Å². The molecule has 0 saturated carbocycles. The first-order valence-electron chi connectivity index (χ1n) is 7.33. The van der Waals surface area contributed by atoms with Crippen LogP contribution in [0.1, 0.15) is 5.56 Å². The Balaban J connectivity index is 1.64. The number of alkyl halides is 3. The summed E-state index contributed by atoms with van der Waals surface area (Å²) in [6.07, 6.45) is -2.65. The van der Waals surface area contributed by atoms with Crippen LogP contribution in [-0.4, -0.2) is 15.0 Å². The molecule has 2 aromatic carbocycles. The number of nitrogens with zero attached hydrogens (tertiary/aromatic N) is 2. The first-order valence-corrected chi connectivity index (χ1v) is 8.21. The van der Waals surface area contributed by atoms with Gasteiger partial charge in [-0.25, -0.2) is 9.97 Å². The fourth-order valence-electron chi connectivity index (χ4n) is 2.48. The quantitative estimate of drug-likeness (QED) is 0.511. The molecule has 0 aliphatic rings. The standard InChI is InChI=1S/C17H11F3N4S/c18-17(19,20)11-2-1-3-12(9-11)22-16-23-13-5-4-10(8-14(13)24-16)15-21-6-7-25-15/h1-9H,(H2,22,23,24). The highest BCUT2D eigenvalue weighted by atomic mass is 32.1. The summed E-state index contributed by atoms with van der Waals surface area (Å²) in [4.78, 5) is 11.7. The average molecular weight is 360 g/mol. The molecule has 0 aliphatic heterocycles. The lowest BCUT2D eigenvalue weighted by molar-refractivity contribution is -0.137. The molecule has 0 atom stereocenters. The smallest absolute Gasteiger partial charge is 0.326 e. The molecule has 4 nitrogen and oxygen atoms in total. The molecule has 0 saturated heterocycles. The zero-order chi connectivity index (χ0) is 17.4. The lowest BCUT2D eigenvalue weighted by Crippen LogP contribution is -2.05. The van der Waals surface area contributed by atoms with Gasteiger partial charge in [-0.3, -0.25) is 0 Å². The van der Waals surface area contributed by atoms with Crippen LogP contribution in [0.3, 0.4) is 0 Å². The van der Waals surface area contributed by atoms with E-state index in [1.807, 2.05) is 23.6 Å². The molecule has 8 heteroatoms. The van der Waals surface area contributed by atoms with Crippen molar-refractivity contribution in [1.29, 1.82) is 0 Å². The predicted molar refractivity (Wildman–Crippen MR) is 91.9 cm³/mol. The fraction of sp³-hybridized carbons (Fsp3) is 0.0588. The highest BCUT2D eigenvalue weighted by molar-refractivity contribution is 7.13. The van der Waals surface area contributed by atoms with Gasteiger partial charge in [0, 0.05) is 22.8 Å². The molecule has 0 bridgehead atoms. The van der Waals surface area contributed by atoms with Crippen molar-refractivity contribution in [3.05, 3.63) is 59.6 Å². The second-order valence-electron chi connectivity index (χ2n) is 5.36. The van der Waals surface area contributed by atoms with Gasteiger partial charge in [-0.05, 0) is 36.4 Å². The molecule has 0 fully saturated rings. The van der Waals surface area contributed by atoms with Crippen molar-refractivity contribution in [2.24, 2.45) is 0 Å². The summed E-state index contributed by atoms with van der Waals surface area (Å²) >= 11 is 1.53.